The number of ether oxygens (including phenoxy) is 1. The van der Waals surface area contributed by atoms with Crippen molar-refractivity contribution in [2.24, 2.45) is 5.10 Å². The Bertz CT molecular complexity index is 1060. The number of carbonyl (C=O) groups excluding carboxylic acids is 1. The number of carbonyl (C=O) groups is 1. The van der Waals surface area contributed by atoms with Crippen molar-refractivity contribution in [1.82, 2.24) is 4.98 Å². The van der Waals surface area contributed by atoms with E-state index in [1.54, 1.807) is 18.2 Å². The van der Waals surface area contributed by atoms with E-state index in [4.69, 9.17) is 4.74 Å². The van der Waals surface area contributed by atoms with Gasteiger partial charge < -0.3 is 10.1 Å². The van der Waals surface area contributed by atoms with E-state index in [1.165, 1.54) is 43.7 Å². The Kier molecular flexibility index (Phi) is 6.15. The van der Waals surface area contributed by atoms with Crippen LogP contribution in [0.2, 0.25) is 0 Å². The Morgan fingerprint density at radius 1 is 1.28 bits per heavy atom. The van der Waals surface area contributed by atoms with Gasteiger partial charge in [-0.25, -0.2) is 4.98 Å². The Morgan fingerprint density at radius 3 is 2.69 bits per heavy atom. The van der Waals surface area contributed by atoms with E-state index >= 15 is 0 Å². The van der Waals surface area contributed by atoms with Crippen molar-refractivity contribution < 1.29 is 14.5 Å². The van der Waals surface area contributed by atoms with Crippen molar-refractivity contribution in [3.63, 3.8) is 0 Å². The minimum atomic E-state index is -0.506. The molecule has 29 heavy (non-hydrogen) atoms. The highest BCUT2D eigenvalue weighted by Gasteiger charge is 2.14. The van der Waals surface area contributed by atoms with Gasteiger partial charge in [-0.2, -0.15) is 5.10 Å². The summed E-state index contributed by atoms with van der Waals surface area (Å²) in [4.78, 5) is 26.1. The molecule has 0 bridgehead atoms. The zero-order valence-corrected chi connectivity index (χ0v) is 16.4. The summed E-state index contributed by atoms with van der Waals surface area (Å²) >= 11 is 1.37. The van der Waals surface area contributed by atoms with Gasteiger partial charge in [0, 0.05) is 35.2 Å². The monoisotopic (exact) mass is 411 g/mol. The minimum absolute atomic E-state index is 0.127. The molecule has 0 spiro atoms. The minimum Gasteiger partial charge on any atom is -0.490 e. The van der Waals surface area contributed by atoms with Crippen LogP contribution < -0.4 is 15.5 Å². The van der Waals surface area contributed by atoms with Gasteiger partial charge in [-0.15, -0.1) is 11.3 Å². The third kappa shape index (κ3) is 5.14. The molecule has 3 rings (SSSR count). The standard InChI is InChI=1S/C19H17N5O4S/c1-12(25)21-15-6-4-14(5-7-15)16-11-29-19(22-16)23-20-10-13-3-8-18(28-2)17(9-13)24(26)27/h3-11H,1-2H3,(H,21,25)(H,22,23)/b20-10-. The predicted octanol–water partition coefficient (Wildman–Crippen LogP) is 4.13. The normalized spacial score (nSPS) is 10.7. The molecule has 0 aliphatic rings. The number of methoxy groups -OCH3 is 1. The lowest BCUT2D eigenvalue weighted by molar-refractivity contribution is -0.385. The lowest BCUT2D eigenvalue weighted by atomic mass is 10.1. The number of nitrogens with one attached hydrogen (secondary N) is 2. The van der Waals surface area contributed by atoms with Gasteiger partial charge in [0.1, 0.15) is 0 Å². The summed E-state index contributed by atoms with van der Waals surface area (Å²) in [5.41, 5.74) is 5.62. The van der Waals surface area contributed by atoms with Crippen LogP contribution >= 0.6 is 11.3 Å². The number of hydrogen-bond donors (Lipinski definition) is 2. The summed E-state index contributed by atoms with van der Waals surface area (Å²) in [6, 6.07) is 11.9. The molecule has 0 fully saturated rings. The maximum Gasteiger partial charge on any atom is 0.311 e. The van der Waals surface area contributed by atoms with Gasteiger partial charge in [-0.3, -0.25) is 20.3 Å². The van der Waals surface area contributed by atoms with E-state index in [1.807, 2.05) is 17.5 Å². The first kappa shape index (κ1) is 20.0. The molecule has 0 aliphatic heterocycles. The number of amides is 1. The van der Waals surface area contributed by atoms with Crippen LogP contribution in [0.3, 0.4) is 0 Å². The van der Waals surface area contributed by atoms with Gasteiger partial charge in [0.15, 0.2) is 5.75 Å². The topological polar surface area (TPSA) is 119 Å². The zero-order valence-electron chi connectivity index (χ0n) is 15.6. The molecule has 9 nitrogen and oxygen atoms in total. The number of nitrogens with zero attached hydrogens (tertiary/aromatic N) is 3. The number of hydrazone groups is 1. The van der Waals surface area contributed by atoms with Gasteiger partial charge in [0.2, 0.25) is 11.0 Å². The van der Waals surface area contributed by atoms with Crippen molar-refractivity contribution >= 4 is 40.0 Å². The average Bonchev–Trinajstić information content (AvgIpc) is 3.17. The van der Waals surface area contributed by atoms with Gasteiger partial charge in [0.25, 0.3) is 0 Å². The highest BCUT2D eigenvalue weighted by atomic mass is 32.1. The smallest absolute Gasteiger partial charge is 0.311 e. The van der Waals surface area contributed by atoms with Gasteiger partial charge in [-0.1, -0.05) is 12.1 Å². The summed E-state index contributed by atoms with van der Waals surface area (Å²) in [7, 11) is 1.38. The maximum atomic E-state index is 11.1. The summed E-state index contributed by atoms with van der Waals surface area (Å²) < 4.78 is 4.98. The third-order valence-corrected chi connectivity index (χ3v) is 4.53. The van der Waals surface area contributed by atoms with E-state index in [0.717, 1.165) is 11.3 Å². The molecule has 1 aromatic heterocycles. The van der Waals surface area contributed by atoms with Crippen LogP contribution in [0.1, 0.15) is 12.5 Å². The van der Waals surface area contributed by atoms with Crippen LogP contribution in [-0.4, -0.2) is 29.1 Å². The van der Waals surface area contributed by atoms with E-state index < -0.39 is 4.92 Å². The lowest BCUT2D eigenvalue weighted by Crippen LogP contribution is -2.05. The second kappa shape index (κ2) is 8.93. The Morgan fingerprint density at radius 2 is 2.03 bits per heavy atom. The predicted molar refractivity (Wildman–Crippen MR) is 113 cm³/mol. The number of nitro benzene ring substituents is 1. The van der Waals surface area contributed by atoms with E-state index in [9.17, 15) is 14.9 Å². The molecule has 2 aromatic carbocycles. The molecule has 2 N–H and O–H groups in total. The molecular formula is C19H17N5O4S. The maximum absolute atomic E-state index is 11.1. The largest absolute Gasteiger partial charge is 0.490 e. The number of hydrogen-bond acceptors (Lipinski definition) is 8. The van der Waals surface area contributed by atoms with E-state index in [2.05, 4.69) is 20.8 Å². The van der Waals surface area contributed by atoms with Crippen molar-refractivity contribution in [2.45, 2.75) is 6.92 Å². The second-order valence-electron chi connectivity index (χ2n) is 5.85. The lowest BCUT2D eigenvalue weighted by Gasteiger charge is -2.02. The van der Waals surface area contributed by atoms with Crippen LogP contribution in [0.5, 0.6) is 5.75 Å². The molecular weight excluding hydrogens is 394 g/mol. The first-order valence-electron chi connectivity index (χ1n) is 8.41. The van der Waals surface area contributed by atoms with Crippen molar-refractivity contribution in [3.8, 4) is 17.0 Å². The third-order valence-electron chi connectivity index (χ3n) is 3.78. The van der Waals surface area contributed by atoms with Crippen LogP contribution in [-0.2, 0) is 4.79 Å². The number of anilines is 2. The van der Waals surface area contributed by atoms with Gasteiger partial charge in [0.05, 0.1) is 23.9 Å². The molecule has 1 amide bonds. The molecule has 148 valence electrons. The number of thiazole rings is 1. The summed E-state index contributed by atoms with van der Waals surface area (Å²) in [6.07, 6.45) is 1.47. The zero-order chi connectivity index (χ0) is 20.8. The average molecular weight is 411 g/mol. The molecule has 0 atom stereocenters. The first-order valence-corrected chi connectivity index (χ1v) is 9.29. The van der Waals surface area contributed by atoms with E-state index in [-0.39, 0.29) is 17.3 Å². The number of nitro groups is 1. The van der Waals surface area contributed by atoms with E-state index in [0.29, 0.717) is 16.4 Å². The molecule has 0 aliphatic carbocycles. The molecule has 1 heterocycles. The Labute approximate surface area is 170 Å². The fraction of sp³-hybridized carbons (Fsp3) is 0.105. The molecule has 0 saturated carbocycles. The first-order chi connectivity index (χ1) is 14.0. The fourth-order valence-corrected chi connectivity index (χ4v) is 3.15. The summed E-state index contributed by atoms with van der Waals surface area (Å²) in [5.74, 6) is 0.0622. The Hall–Kier alpha value is -3.79. The van der Waals surface area contributed by atoms with Crippen LogP contribution in [0.4, 0.5) is 16.5 Å². The van der Waals surface area contributed by atoms with Crippen molar-refractivity contribution in [2.75, 3.05) is 17.9 Å². The van der Waals surface area contributed by atoms with Gasteiger partial charge >= 0.3 is 5.69 Å². The number of benzene rings is 2. The SMILES string of the molecule is COc1ccc(/C=N\Nc2nc(-c3ccc(NC(C)=O)cc3)cs2)cc1[N+](=O)[O-]. The van der Waals surface area contributed by atoms with Crippen molar-refractivity contribution in [3.05, 3.63) is 63.5 Å². The fourth-order valence-electron chi connectivity index (χ4n) is 2.48. The van der Waals surface area contributed by atoms with Crippen LogP contribution in [0.25, 0.3) is 11.3 Å². The molecule has 3 aromatic rings. The molecule has 0 radical (unpaired) electrons. The molecule has 0 unspecified atom stereocenters. The number of rotatable bonds is 7. The molecule has 10 heteroatoms. The highest BCUT2D eigenvalue weighted by molar-refractivity contribution is 7.14. The summed E-state index contributed by atoms with van der Waals surface area (Å²) in [5, 5.41) is 20.3. The Balaban J connectivity index is 1.67. The summed E-state index contributed by atoms with van der Waals surface area (Å²) in [6.45, 7) is 1.46. The number of aromatic nitrogens is 1. The highest BCUT2D eigenvalue weighted by Crippen LogP contribution is 2.28. The van der Waals surface area contributed by atoms with Gasteiger partial charge in [-0.05, 0) is 24.3 Å². The van der Waals surface area contributed by atoms with Crippen molar-refractivity contribution in [1.29, 1.82) is 0 Å². The molecule has 0 saturated heterocycles. The van der Waals surface area contributed by atoms with Crippen LogP contribution in [0.15, 0.2) is 52.9 Å². The quantitative estimate of drug-likeness (QED) is 0.343. The van der Waals surface area contributed by atoms with Crippen LogP contribution in [0, 0.1) is 10.1 Å². The second-order valence-corrected chi connectivity index (χ2v) is 6.71.